The van der Waals surface area contributed by atoms with Gasteiger partial charge in [-0.05, 0) is 196 Å². The summed E-state index contributed by atoms with van der Waals surface area (Å²) in [7, 11) is 0. The lowest BCUT2D eigenvalue weighted by Gasteiger charge is -2.25. The molecule has 8 amide bonds. The molecule has 3 aromatic carbocycles. The van der Waals surface area contributed by atoms with E-state index in [2.05, 4.69) is 64.3 Å². The van der Waals surface area contributed by atoms with Crippen molar-refractivity contribution in [2.24, 2.45) is 41.2 Å². The predicted octanol–water partition coefficient (Wildman–Crippen LogP) is 24.7. The molecule has 31 nitrogen and oxygen atoms in total. The van der Waals surface area contributed by atoms with Crippen LogP contribution in [0.15, 0.2) is 72.8 Å². The molecule has 0 heterocycles. The quantitative estimate of drug-likeness (QED) is 0.0108. The van der Waals surface area contributed by atoms with Crippen molar-refractivity contribution in [2.75, 3.05) is 25.0 Å². The van der Waals surface area contributed by atoms with E-state index in [0.29, 0.717) is 38.8 Å². The highest BCUT2D eigenvalue weighted by Crippen LogP contribution is 2.23. The molecule has 12 N–H and O–H groups in total. The maximum atomic E-state index is 13.1. The predicted molar refractivity (Wildman–Crippen MR) is 579 cm³/mol. The summed E-state index contributed by atoms with van der Waals surface area (Å²) in [4.78, 5) is 182. The van der Waals surface area contributed by atoms with Crippen molar-refractivity contribution >= 4 is 94.3 Å². The van der Waals surface area contributed by atoms with E-state index in [4.69, 9.17) is 77.6 Å². The number of hydrogen-bond acceptors (Lipinski definition) is 21. The Hall–Kier alpha value is -8.40. The zero-order chi connectivity index (χ0) is 109. The van der Waals surface area contributed by atoms with Gasteiger partial charge in [-0.3, -0.25) is 67.4 Å². The van der Waals surface area contributed by atoms with Gasteiger partial charge in [-0.15, -0.1) is 23.2 Å². The number of aliphatic carboxylic acids is 2. The second-order valence-corrected chi connectivity index (χ2v) is 42.4. The van der Waals surface area contributed by atoms with Gasteiger partial charge in [0.15, 0.2) is 36.6 Å². The molecule has 3 rings (SSSR count). The third kappa shape index (κ3) is 78.5. The lowest BCUT2D eigenvalue weighted by molar-refractivity contribution is -0.174. The number of hydrogen-bond donors (Lipinski definition) is 11. The summed E-state index contributed by atoms with van der Waals surface area (Å²) in [5.74, 6) is -7.36. The number of carboxylic acids is 2. The fourth-order valence-corrected chi connectivity index (χ4v) is 14.6. The van der Waals surface area contributed by atoms with E-state index >= 15 is 0 Å². The molecular weight excluding hydrogens is 1890 g/mol. The van der Waals surface area contributed by atoms with Gasteiger partial charge in [0.2, 0.25) is 0 Å². The van der Waals surface area contributed by atoms with Crippen LogP contribution in [0.5, 0.6) is 0 Å². The number of amides is 8. The largest absolute Gasteiger partial charge is 0.479 e. The lowest BCUT2D eigenvalue weighted by atomic mass is 10.0. The number of nitrogens with one attached hydrogen (secondary N) is 8. The van der Waals surface area contributed by atoms with E-state index in [0.717, 1.165) is 32.2 Å². The van der Waals surface area contributed by atoms with Gasteiger partial charge in [-0.1, -0.05) is 341 Å². The maximum Gasteiger partial charge on any atom is 0.338 e. The van der Waals surface area contributed by atoms with Crippen molar-refractivity contribution in [1.82, 2.24) is 43.5 Å². The number of esters is 2. The Bertz CT molecular complexity index is 3720. The molecule has 33 heteroatoms. The highest BCUT2D eigenvalue weighted by Gasteiger charge is 2.33. The molecule has 0 saturated carbocycles. The van der Waals surface area contributed by atoms with Gasteiger partial charge in [0.25, 0.3) is 47.3 Å². The van der Waals surface area contributed by atoms with E-state index in [1.807, 2.05) is 83.1 Å². The lowest BCUT2D eigenvalue weighted by Crippen LogP contribution is -2.42. The van der Waals surface area contributed by atoms with E-state index < -0.39 is 107 Å². The van der Waals surface area contributed by atoms with Gasteiger partial charge in [0.05, 0.1) is 5.34 Å². The van der Waals surface area contributed by atoms with Gasteiger partial charge in [-0.2, -0.15) is 0 Å². The number of carboxylic acid groups (broad SMARTS) is 2. The number of carbonyl (C=O) groups is 12. The molecule has 145 heavy (non-hydrogen) atoms. The summed E-state index contributed by atoms with van der Waals surface area (Å²) >= 11 is 9.53. The standard InChI is InChI=1S/C48H86N4O6.C28H44N2O8.C20H28N2O8.C14H31N.CH2Cl2.CH4/c1-7-9-11-13-15-17-19-21-23-25-27-29-34-49-47(55)43(36-39(3)4)57-51-45(53)41-32-31-33-42(38-41)46(54)52-58-44(37-40(5)6)48(56)50-35-30-28-26-24-22-20-18-16-14-12-10-8-2;1-17(2)14-21(25(33)35-27(5,6)7)37-29-23(31)19-12-11-13-20(16-19)24(32)30-38-22(15-18(3)4)26(34)36-28(8,9)10;1-11(2)8-15(19(25)26)29-21-17(23)13-6-5-7-14(10-13)18(24)22-30-16(20(27)28)9-12(3)4;1-2-3-4-5-6-7-8-9-10-11-12-13-14-15;2-1-3;/h31-33,38-40,43-44H,7-30,34-37H2,1-6H3,(H,49,55)(H,50,56)(H,51,53)(H,52,54);11-13,16-18,21-22H,14-15H2,1-10H3,(H,29,31)(H,30,32);5-7,10-12,15-16H,8-9H2,1-4H3,(H,21,23)(H,22,24)(H,25,26)(H,27,28);2-15H2,1H3;1H2;1H4/t43-,44-;21-,22-;15-,16-;;;/m111.../s1. The average molecular weight is 2090 g/mol. The van der Waals surface area contributed by atoms with Gasteiger partial charge < -0.3 is 36.1 Å². The Morgan fingerprint density at radius 1 is 0.290 bits per heavy atom. The molecule has 6 atom stereocenters. The van der Waals surface area contributed by atoms with E-state index in [-0.39, 0.29) is 106 Å². The van der Waals surface area contributed by atoms with Crippen LogP contribution in [0.25, 0.3) is 0 Å². The number of unbranched alkanes of at least 4 members (excludes halogenated alkanes) is 33. The summed E-state index contributed by atoms with van der Waals surface area (Å²) in [5, 5.41) is 24.4. The van der Waals surface area contributed by atoms with E-state index in [9.17, 15) is 57.5 Å². The summed E-state index contributed by atoms with van der Waals surface area (Å²) < 4.78 is 10.8. The number of carbonyl (C=O) groups excluding carboxylic acids is 10. The molecule has 0 spiro atoms. The maximum absolute atomic E-state index is 13.1. The number of alkyl halides is 2. The number of halogens is 2. The van der Waals surface area contributed by atoms with Crippen LogP contribution >= 0.6 is 23.2 Å². The summed E-state index contributed by atoms with van der Waals surface area (Å²) in [5.41, 5.74) is 18.3. The molecule has 0 aliphatic carbocycles. The first-order valence-corrected chi connectivity index (χ1v) is 54.7. The second-order valence-electron chi connectivity index (χ2n) is 41.6. The van der Waals surface area contributed by atoms with Gasteiger partial charge in [0.1, 0.15) is 11.2 Å². The molecule has 0 aromatic heterocycles. The Kier molecular flexibility index (Phi) is 84.9. The summed E-state index contributed by atoms with van der Waals surface area (Å²) in [6, 6.07) is 17.5. The zero-order valence-electron chi connectivity index (χ0n) is 91.8. The molecule has 3 aromatic rings. The molecule has 834 valence electrons. The Balaban J connectivity index is -0.00000199. The van der Waals surface area contributed by atoms with Gasteiger partial charge in [0, 0.05) is 46.5 Å². The fraction of sp³-hybridized carbons (Fsp3) is 0.732. The average Bonchev–Trinajstić information content (AvgIpc) is 0.857. The number of benzene rings is 3. The van der Waals surface area contributed by atoms with Gasteiger partial charge in [-0.25, -0.2) is 52.1 Å². The molecule has 0 saturated heterocycles. The SMILES string of the molecule is C.CC(C)C[C@@H](ONC(=O)c1cccc(C(=O)NO[C@H](CC(C)C)C(=O)O)c1)C(=O)O.CC(C)C[C@@H](ONC(=O)c1cccc(C(=O)NO[C@H](CC(C)C)C(=O)OC(C)(C)C)c1)C(=O)OC(C)(C)C.CCCCCCCCCCCCCCN.CCCCCCCCCCCCCCNC(=O)[C@@H](CC(C)C)ONC(=O)c1cccc(C(=O)NO[C@H](CC(C)C)C(=O)NCCCCCCCCCCCCCC)c1.ClCCl. The molecule has 0 radical (unpaired) electrons. The number of rotatable bonds is 74. The Labute approximate surface area is 881 Å². The van der Waals surface area contributed by atoms with Crippen LogP contribution in [0.2, 0.25) is 0 Å². The third-order valence-corrected chi connectivity index (χ3v) is 22.2. The monoisotopic (exact) mass is 2090 g/mol. The minimum atomic E-state index is -1.21. The first-order valence-electron chi connectivity index (χ1n) is 53.6. The summed E-state index contributed by atoms with van der Waals surface area (Å²) in [6.45, 7) is 42.2. The van der Waals surface area contributed by atoms with Crippen molar-refractivity contribution in [3.8, 4) is 0 Å². The van der Waals surface area contributed by atoms with Crippen molar-refractivity contribution in [1.29, 1.82) is 0 Å². The number of nitrogens with two attached hydrogens (primary N) is 1. The highest BCUT2D eigenvalue weighted by atomic mass is 35.5. The molecule has 0 bridgehead atoms. The van der Waals surface area contributed by atoms with Crippen LogP contribution < -0.4 is 49.2 Å². The summed E-state index contributed by atoms with van der Waals surface area (Å²) in [6.07, 6.45) is 42.9. The van der Waals surface area contributed by atoms with Gasteiger partial charge >= 0.3 is 23.9 Å². The minimum absolute atomic E-state index is 0. The van der Waals surface area contributed by atoms with Crippen molar-refractivity contribution < 1.29 is 106 Å². The molecule has 0 aliphatic heterocycles. The van der Waals surface area contributed by atoms with Crippen molar-refractivity contribution in [2.45, 2.75) is 470 Å². The van der Waals surface area contributed by atoms with E-state index in [1.54, 1.807) is 59.7 Å². The first-order chi connectivity index (χ1) is 68.3. The molecule has 0 fully saturated rings. The van der Waals surface area contributed by atoms with Crippen LogP contribution in [0.1, 0.15) is 485 Å². The van der Waals surface area contributed by atoms with Crippen LogP contribution in [-0.2, 0) is 67.3 Å². The topological polar surface area (TPSA) is 441 Å². The Morgan fingerprint density at radius 3 is 0.648 bits per heavy atom. The number of ether oxygens (including phenoxy) is 2. The molecular formula is C112H195Cl2N9O22. The normalized spacial score (nSPS) is 12.5. The minimum Gasteiger partial charge on any atom is -0.479 e. The van der Waals surface area contributed by atoms with Crippen LogP contribution in [0.3, 0.4) is 0 Å². The number of hydroxylamine groups is 6. The third-order valence-electron chi connectivity index (χ3n) is 22.2. The fourth-order valence-electron chi connectivity index (χ4n) is 14.6. The van der Waals surface area contributed by atoms with Crippen LogP contribution in [0.4, 0.5) is 0 Å². The van der Waals surface area contributed by atoms with Crippen LogP contribution in [0, 0.1) is 35.5 Å². The zero-order valence-corrected chi connectivity index (χ0v) is 93.3. The van der Waals surface area contributed by atoms with Crippen LogP contribution in [-0.4, -0.2) is 154 Å². The first kappa shape index (κ1) is 141. The highest BCUT2D eigenvalue weighted by molar-refractivity contribution is 6.40. The molecule has 0 unspecified atom stereocenters. The van der Waals surface area contributed by atoms with E-state index in [1.165, 1.54) is 260 Å². The van der Waals surface area contributed by atoms with Crippen molar-refractivity contribution in [3.63, 3.8) is 0 Å². The van der Waals surface area contributed by atoms with Crippen molar-refractivity contribution in [3.05, 3.63) is 106 Å². The smallest absolute Gasteiger partial charge is 0.338 e. The Morgan fingerprint density at radius 2 is 0.462 bits per heavy atom. The molecule has 0 aliphatic rings. The second kappa shape index (κ2) is 87.5.